The van der Waals surface area contributed by atoms with Crippen LogP contribution in [0.15, 0.2) is 90.2 Å². The van der Waals surface area contributed by atoms with Gasteiger partial charge in [-0.15, -0.1) is 0 Å². The zero-order valence-electron chi connectivity index (χ0n) is 18.9. The molecule has 0 atom stereocenters. The zero-order chi connectivity index (χ0) is 24.4. The molecule has 0 saturated heterocycles. The first kappa shape index (κ1) is 22.4. The van der Waals surface area contributed by atoms with Gasteiger partial charge in [0.1, 0.15) is 11.5 Å². The molecule has 8 nitrogen and oxygen atoms in total. The fourth-order valence-corrected chi connectivity index (χ4v) is 5.08. The van der Waals surface area contributed by atoms with E-state index in [1.165, 1.54) is 0 Å². The topological polar surface area (TPSA) is 99.6 Å². The number of sulfonamides is 1. The Bertz CT molecular complexity index is 1630. The van der Waals surface area contributed by atoms with E-state index in [1.807, 2.05) is 6.07 Å². The second kappa shape index (κ2) is 9.11. The summed E-state index contributed by atoms with van der Waals surface area (Å²) in [5.41, 5.74) is 1.10. The van der Waals surface area contributed by atoms with Crippen LogP contribution in [-0.2, 0) is 10.0 Å². The summed E-state index contributed by atoms with van der Waals surface area (Å²) in [4.78, 5) is 8.62. The van der Waals surface area contributed by atoms with E-state index in [-0.39, 0.29) is 4.90 Å². The molecule has 3 aromatic carbocycles. The van der Waals surface area contributed by atoms with Crippen LogP contribution < -0.4 is 18.9 Å². The number of aromatic nitrogens is 2. The minimum absolute atomic E-state index is 0.186. The number of nitrogens with one attached hydrogen (secondary N) is 1. The lowest BCUT2D eigenvalue weighted by molar-refractivity contribution is 0.355. The lowest BCUT2D eigenvalue weighted by atomic mass is 10.2. The summed E-state index contributed by atoms with van der Waals surface area (Å²) in [6, 6.07) is 18.8. The number of methoxy groups -OCH3 is 2. The van der Waals surface area contributed by atoms with Crippen LogP contribution in [0.1, 0.15) is 0 Å². The summed E-state index contributed by atoms with van der Waals surface area (Å²) < 4.78 is 45.6. The maximum Gasteiger partial charge on any atom is 0.262 e. The fraction of sp³-hybridized carbons (Fsp3) is 0.0769. The van der Waals surface area contributed by atoms with Gasteiger partial charge in [0, 0.05) is 46.5 Å². The van der Waals surface area contributed by atoms with E-state index >= 15 is 0 Å². The molecule has 0 aliphatic carbocycles. The van der Waals surface area contributed by atoms with Crippen molar-refractivity contribution in [2.45, 2.75) is 4.90 Å². The molecule has 5 aromatic rings. The molecule has 0 bridgehead atoms. The smallest absolute Gasteiger partial charge is 0.262 e. The Balaban J connectivity index is 1.40. The van der Waals surface area contributed by atoms with E-state index in [9.17, 15) is 8.42 Å². The number of rotatable bonds is 7. The fourth-order valence-electron chi connectivity index (χ4n) is 3.79. The summed E-state index contributed by atoms with van der Waals surface area (Å²) in [6.07, 6.45) is 4.85. The highest BCUT2D eigenvalue weighted by molar-refractivity contribution is 7.93. The molecule has 0 saturated carbocycles. The van der Waals surface area contributed by atoms with Gasteiger partial charge in [-0.3, -0.25) is 14.7 Å². The predicted octanol–water partition coefficient (Wildman–Crippen LogP) is 5.39. The summed E-state index contributed by atoms with van der Waals surface area (Å²) in [7, 11) is -0.676. The Morgan fingerprint density at radius 2 is 1.57 bits per heavy atom. The van der Waals surface area contributed by atoms with Crippen LogP contribution in [-0.4, -0.2) is 32.6 Å². The van der Waals surface area contributed by atoms with Crippen LogP contribution in [0.5, 0.6) is 23.0 Å². The van der Waals surface area contributed by atoms with Crippen molar-refractivity contribution < 1.29 is 22.6 Å². The van der Waals surface area contributed by atoms with Crippen molar-refractivity contribution in [2.24, 2.45) is 0 Å². The lowest BCUT2D eigenvalue weighted by Gasteiger charge is -2.13. The number of anilines is 1. The van der Waals surface area contributed by atoms with Gasteiger partial charge in [-0.1, -0.05) is 12.1 Å². The molecule has 0 unspecified atom stereocenters. The van der Waals surface area contributed by atoms with Crippen LogP contribution >= 0.6 is 0 Å². The molecule has 5 rings (SSSR count). The normalized spacial score (nSPS) is 11.4. The van der Waals surface area contributed by atoms with E-state index in [4.69, 9.17) is 14.2 Å². The van der Waals surface area contributed by atoms with Crippen molar-refractivity contribution in [3.8, 4) is 23.0 Å². The zero-order valence-corrected chi connectivity index (χ0v) is 19.7. The van der Waals surface area contributed by atoms with Gasteiger partial charge in [0.25, 0.3) is 10.0 Å². The molecule has 0 spiro atoms. The minimum Gasteiger partial charge on any atom is -0.493 e. The molecule has 35 heavy (non-hydrogen) atoms. The minimum atomic E-state index is -3.81. The maximum absolute atomic E-state index is 13.1. The maximum atomic E-state index is 13.1. The molecule has 0 radical (unpaired) electrons. The molecule has 0 amide bonds. The number of hydrogen-bond donors (Lipinski definition) is 1. The standard InChI is InChI=1S/C26H21N3O5S/c1-32-24-14-21-22(15-25(24)33-2)28-13-11-23(21)34-19-8-6-18(7-9-19)29-35(30,31)26-5-3-4-17-16-27-12-10-20(17)26/h3-16,29H,1-2H3. The lowest BCUT2D eigenvalue weighted by Crippen LogP contribution is -2.13. The van der Waals surface area contributed by atoms with E-state index in [0.717, 1.165) is 10.8 Å². The average molecular weight is 488 g/mol. The highest BCUT2D eigenvalue weighted by atomic mass is 32.2. The molecule has 2 aromatic heterocycles. The highest BCUT2D eigenvalue weighted by Crippen LogP contribution is 2.37. The first-order chi connectivity index (χ1) is 17.0. The summed E-state index contributed by atoms with van der Waals surface area (Å²) in [5, 5.41) is 2.10. The summed E-state index contributed by atoms with van der Waals surface area (Å²) in [5.74, 6) is 2.25. The molecular formula is C26H21N3O5S. The Labute approximate surface area is 202 Å². The number of benzene rings is 3. The Morgan fingerprint density at radius 3 is 2.34 bits per heavy atom. The van der Waals surface area contributed by atoms with Gasteiger partial charge in [-0.25, -0.2) is 8.42 Å². The van der Waals surface area contributed by atoms with Crippen molar-refractivity contribution >= 4 is 37.4 Å². The van der Waals surface area contributed by atoms with Crippen LogP contribution in [0.25, 0.3) is 21.7 Å². The van der Waals surface area contributed by atoms with Crippen LogP contribution in [0, 0.1) is 0 Å². The molecule has 0 fully saturated rings. The van der Waals surface area contributed by atoms with E-state index in [2.05, 4.69) is 14.7 Å². The van der Waals surface area contributed by atoms with Crippen LogP contribution in [0.2, 0.25) is 0 Å². The Kier molecular flexibility index (Phi) is 5.84. The second-order valence-corrected chi connectivity index (χ2v) is 9.27. The highest BCUT2D eigenvalue weighted by Gasteiger charge is 2.18. The average Bonchev–Trinajstić information content (AvgIpc) is 2.88. The van der Waals surface area contributed by atoms with Crippen LogP contribution in [0.4, 0.5) is 5.69 Å². The van der Waals surface area contributed by atoms with Crippen molar-refractivity contribution in [3.63, 3.8) is 0 Å². The molecule has 0 aliphatic rings. The summed E-state index contributed by atoms with van der Waals surface area (Å²) in [6.45, 7) is 0. The second-order valence-electron chi connectivity index (χ2n) is 7.62. The molecule has 176 valence electrons. The van der Waals surface area contributed by atoms with Gasteiger partial charge >= 0.3 is 0 Å². The van der Waals surface area contributed by atoms with Crippen LogP contribution in [0.3, 0.4) is 0 Å². The molecule has 9 heteroatoms. The first-order valence-electron chi connectivity index (χ1n) is 10.6. The van der Waals surface area contributed by atoms with Gasteiger partial charge in [-0.2, -0.15) is 0 Å². The Hall–Kier alpha value is -4.37. The number of ether oxygens (including phenoxy) is 3. The van der Waals surface area contributed by atoms with Crippen molar-refractivity contribution in [1.29, 1.82) is 0 Å². The molecular weight excluding hydrogens is 466 g/mol. The van der Waals surface area contributed by atoms with Gasteiger partial charge in [0.05, 0.1) is 24.6 Å². The number of pyridine rings is 2. The number of nitrogens with zero attached hydrogens (tertiary/aromatic N) is 2. The van der Waals surface area contributed by atoms with Crippen molar-refractivity contribution in [3.05, 3.63) is 85.3 Å². The van der Waals surface area contributed by atoms with E-state index < -0.39 is 10.0 Å². The Morgan fingerprint density at radius 1 is 0.800 bits per heavy atom. The number of hydrogen-bond acceptors (Lipinski definition) is 7. The molecule has 1 N–H and O–H groups in total. The SMILES string of the molecule is COc1cc2nccc(Oc3ccc(NS(=O)(=O)c4cccc5cnccc45)cc3)c2cc1OC. The van der Waals surface area contributed by atoms with Gasteiger partial charge in [0.15, 0.2) is 11.5 Å². The monoisotopic (exact) mass is 487 g/mol. The van der Waals surface area contributed by atoms with Gasteiger partial charge in [-0.05, 0) is 48.5 Å². The third kappa shape index (κ3) is 4.41. The third-order valence-electron chi connectivity index (χ3n) is 5.47. The third-order valence-corrected chi connectivity index (χ3v) is 6.91. The predicted molar refractivity (Wildman–Crippen MR) is 134 cm³/mol. The van der Waals surface area contributed by atoms with Gasteiger partial charge in [0.2, 0.25) is 0 Å². The van der Waals surface area contributed by atoms with E-state index in [0.29, 0.717) is 39.6 Å². The molecule has 0 aliphatic heterocycles. The number of fused-ring (bicyclic) bond motifs is 2. The molecule has 2 heterocycles. The van der Waals surface area contributed by atoms with E-state index in [1.54, 1.807) is 93.5 Å². The quantitative estimate of drug-likeness (QED) is 0.328. The van der Waals surface area contributed by atoms with Gasteiger partial charge < -0.3 is 14.2 Å². The van der Waals surface area contributed by atoms with Crippen molar-refractivity contribution in [1.82, 2.24) is 9.97 Å². The first-order valence-corrected chi connectivity index (χ1v) is 12.1. The summed E-state index contributed by atoms with van der Waals surface area (Å²) >= 11 is 0. The largest absolute Gasteiger partial charge is 0.493 e. The van der Waals surface area contributed by atoms with Crippen molar-refractivity contribution in [2.75, 3.05) is 18.9 Å².